The van der Waals surface area contributed by atoms with E-state index in [0.29, 0.717) is 24.7 Å². The molecule has 25 heavy (non-hydrogen) atoms. The molecule has 2 aliphatic rings. The Morgan fingerprint density at radius 1 is 1.24 bits per heavy atom. The van der Waals surface area contributed by atoms with Crippen molar-refractivity contribution in [1.29, 1.82) is 0 Å². The number of nitrogens with zero attached hydrogens (tertiary/aromatic N) is 2. The first kappa shape index (κ1) is 18.2. The first-order chi connectivity index (χ1) is 12.1. The number of ether oxygens (including phenoxy) is 1. The summed E-state index contributed by atoms with van der Waals surface area (Å²) in [7, 11) is 0. The molecule has 2 aliphatic heterocycles. The molecule has 0 aromatic heterocycles. The van der Waals surface area contributed by atoms with Gasteiger partial charge >= 0.3 is 0 Å². The molecule has 0 aliphatic carbocycles. The van der Waals surface area contributed by atoms with E-state index in [2.05, 4.69) is 10.2 Å². The van der Waals surface area contributed by atoms with E-state index in [0.717, 1.165) is 38.4 Å². The lowest BCUT2D eigenvalue weighted by atomic mass is 10.1. The molecule has 0 radical (unpaired) electrons. The first-order valence-corrected chi connectivity index (χ1v) is 9.09. The number of carbonyl (C=O) groups excluding carboxylic acids is 2. The molecule has 1 unspecified atom stereocenters. The summed E-state index contributed by atoms with van der Waals surface area (Å²) in [5.74, 6) is -0.256. The normalized spacial score (nSPS) is 21.6. The van der Waals surface area contributed by atoms with Gasteiger partial charge in [0.15, 0.2) is 0 Å². The number of hydrogen-bond donors (Lipinski definition) is 1. The summed E-state index contributed by atoms with van der Waals surface area (Å²) in [6.07, 6.45) is 0.289. The number of hydrogen-bond acceptors (Lipinski definition) is 4. The monoisotopic (exact) mass is 365 g/mol. The maximum atomic E-state index is 12.3. The van der Waals surface area contributed by atoms with E-state index in [-0.39, 0.29) is 24.2 Å². The minimum absolute atomic E-state index is 0.0276. The highest BCUT2D eigenvalue weighted by Gasteiger charge is 2.34. The van der Waals surface area contributed by atoms with Crippen LogP contribution in [0.2, 0.25) is 5.02 Å². The molecule has 0 bridgehead atoms. The number of rotatable bonds is 6. The SMILES string of the molecule is O=C(NCCN1CCOCC1)C1CC(=O)N(Cc2ccc(Cl)cc2)C1. The Bertz CT molecular complexity index is 602. The molecule has 1 aromatic rings. The highest BCUT2D eigenvalue weighted by molar-refractivity contribution is 6.30. The molecule has 0 saturated carbocycles. The van der Waals surface area contributed by atoms with Gasteiger partial charge in [0.25, 0.3) is 0 Å². The molecular weight excluding hydrogens is 342 g/mol. The Morgan fingerprint density at radius 2 is 1.96 bits per heavy atom. The van der Waals surface area contributed by atoms with Gasteiger partial charge < -0.3 is 15.0 Å². The van der Waals surface area contributed by atoms with Gasteiger partial charge in [0.1, 0.15) is 0 Å². The van der Waals surface area contributed by atoms with E-state index in [1.807, 2.05) is 24.3 Å². The van der Waals surface area contributed by atoms with E-state index in [1.54, 1.807) is 4.90 Å². The van der Waals surface area contributed by atoms with Gasteiger partial charge in [-0.15, -0.1) is 0 Å². The van der Waals surface area contributed by atoms with Gasteiger partial charge in [-0.2, -0.15) is 0 Å². The summed E-state index contributed by atoms with van der Waals surface area (Å²) < 4.78 is 5.31. The van der Waals surface area contributed by atoms with E-state index in [1.165, 1.54) is 0 Å². The lowest BCUT2D eigenvalue weighted by Crippen LogP contribution is -2.42. The highest BCUT2D eigenvalue weighted by Crippen LogP contribution is 2.21. The predicted octanol–water partition coefficient (Wildman–Crippen LogP) is 1.14. The molecule has 136 valence electrons. The number of nitrogens with one attached hydrogen (secondary N) is 1. The van der Waals surface area contributed by atoms with Crippen LogP contribution in [0.3, 0.4) is 0 Å². The van der Waals surface area contributed by atoms with Gasteiger partial charge in [-0.3, -0.25) is 14.5 Å². The van der Waals surface area contributed by atoms with E-state index >= 15 is 0 Å². The third kappa shape index (κ3) is 5.17. The van der Waals surface area contributed by atoms with Crippen LogP contribution in [0.25, 0.3) is 0 Å². The fourth-order valence-corrected chi connectivity index (χ4v) is 3.34. The maximum absolute atomic E-state index is 12.3. The number of amides is 2. The minimum Gasteiger partial charge on any atom is -0.379 e. The smallest absolute Gasteiger partial charge is 0.225 e. The van der Waals surface area contributed by atoms with E-state index in [9.17, 15) is 9.59 Å². The Morgan fingerprint density at radius 3 is 2.68 bits per heavy atom. The van der Waals surface area contributed by atoms with Gasteiger partial charge in [0.05, 0.1) is 19.1 Å². The zero-order chi connectivity index (χ0) is 17.6. The van der Waals surface area contributed by atoms with Gasteiger partial charge in [0.2, 0.25) is 11.8 Å². The van der Waals surface area contributed by atoms with Gasteiger partial charge in [-0.05, 0) is 17.7 Å². The molecule has 0 spiro atoms. The topological polar surface area (TPSA) is 61.9 Å². The van der Waals surface area contributed by atoms with Crippen molar-refractivity contribution in [3.05, 3.63) is 34.9 Å². The van der Waals surface area contributed by atoms with Crippen LogP contribution in [0, 0.1) is 5.92 Å². The zero-order valence-electron chi connectivity index (χ0n) is 14.2. The summed E-state index contributed by atoms with van der Waals surface area (Å²) in [5.41, 5.74) is 1.02. The van der Waals surface area contributed by atoms with Crippen LogP contribution in [-0.4, -0.2) is 67.6 Å². The summed E-state index contributed by atoms with van der Waals surface area (Å²) in [6.45, 7) is 5.76. The predicted molar refractivity (Wildman–Crippen MR) is 95.2 cm³/mol. The Hall–Kier alpha value is -1.63. The van der Waals surface area contributed by atoms with Crippen LogP contribution in [0.1, 0.15) is 12.0 Å². The van der Waals surface area contributed by atoms with Crippen LogP contribution < -0.4 is 5.32 Å². The average molecular weight is 366 g/mol. The number of likely N-dealkylation sites (tertiary alicyclic amines) is 1. The number of morpholine rings is 1. The van der Waals surface area contributed by atoms with Crippen LogP contribution in [0.15, 0.2) is 24.3 Å². The molecule has 7 heteroatoms. The van der Waals surface area contributed by atoms with Gasteiger partial charge in [-0.25, -0.2) is 0 Å². The van der Waals surface area contributed by atoms with Gasteiger partial charge in [0, 0.05) is 50.7 Å². The number of benzene rings is 1. The quantitative estimate of drug-likeness (QED) is 0.821. The molecule has 3 rings (SSSR count). The maximum Gasteiger partial charge on any atom is 0.225 e. The largest absolute Gasteiger partial charge is 0.379 e. The van der Waals surface area contributed by atoms with Crippen molar-refractivity contribution < 1.29 is 14.3 Å². The average Bonchev–Trinajstić information content (AvgIpc) is 2.99. The summed E-state index contributed by atoms with van der Waals surface area (Å²) >= 11 is 5.88. The fourth-order valence-electron chi connectivity index (χ4n) is 3.22. The Labute approximate surface area is 153 Å². The zero-order valence-corrected chi connectivity index (χ0v) is 15.0. The van der Waals surface area contributed by atoms with Crippen molar-refractivity contribution in [2.24, 2.45) is 5.92 Å². The molecule has 1 N–H and O–H groups in total. The first-order valence-electron chi connectivity index (χ1n) is 8.72. The van der Waals surface area contributed by atoms with Crippen molar-refractivity contribution in [2.75, 3.05) is 45.9 Å². The van der Waals surface area contributed by atoms with Crippen LogP contribution in [0.4, 0.5) is 0 Å². The third-order valence-corrected chi connectivity index (χ3v) is 4.95. The van der Waals surface area contributed by atoms with Crippen LogP contribution >= 0.6 is 11.6 Å². The molecule has 1 aromatic carbocycles. The third-order valence-electron chi connectivity index (χ3n) is 4.70. The van der Waals surface area contributed by atoms with E-state index in [4.69, 9.17) is 16.3 Å². The van der Waals surface area contributed by atoms with Crippen LogP contribution in [-0.2, 0) is 20.9 Å². The second-order valence-electron chi connectivity index (χ2n) is 6.55. The highest BCUT2D eigenvalue weighted by atomic mass is 35.5. The molecule has 2 saturated heterocycles. The molecular formula is C18H24ClN3O3. The Balaban J connectivity index is 1.43. The number of carbonyl (C=O) groups is 2. The number of halogens is 1. The van der Waals surface area contributed by atoms with E-state index < -0.39 is 0 Å². The standard InChI is InChI=1S/C18H24ClN3O3/c19-16-3-1-14(2-4-16)12-22-13-15(11-17(22)23)18(24)20-5-6-21-7-9-25-10-8-21/h1-4,15H,5-13H2,(H,20,24). The molecule has 2 amide bonds. The molecule has 6 nitrogen and oxygen atoms in total. The summed E-state index contributed by atoms with van der Waals surface area (Å²) in [6, 6.07) is 7.44. The summed E-state index contributed by atoms with van der Waals surface area (Å²) in [5, 5.41) is 3.64. The lowest BCUT2D eigenvalue weighted by molar-refractivity contribution is -0.129. The van der Waals surface area contributed by atoms with Crippen molar-refractivity contribution in [1.82, 2.24) is 15.1 Å². The van der Waals surface area contributed by atoms with Gasteiger partial charge in [-0.1, -0.05) is 23.7 Å². The molecule has 1 atom stereocenters. The fraction of sp³-hybridized carbons (Fsp3) is 0.556. The minimum atomic E-state index is -0.260. The molecule has 2 fully saturated rings. The van der Waals surface area contributed by atoms with Crippen molar-refractivity contribution in [2.45, 2.75) is 13.0 Å². The Kier molecular flexibility index (Phi) is 6.29. The lowest BCUT2D eigenvalue weighted by Gasteiger charge is -2.26. The van der Waals surface area contributed by atoms with Crippen molar-refractivity contribution in [3.63, 3.8) is 0 Å². The second kappa shape index (κ2) is 8.65. The summed E-state index contributed by atoms with van der Waals surface area (Å²) in [4.78, 5) is 28.5. The van der Waals surface area contributed by atoms with Crippen molar-refractivity contribution >= 4 is 23.4 Å². The van der Waals surface area contributed by atoms with Crippen LogP contribution in [0.5, 0.6) is 0 Å². The van der Waals surface area contributed by atoms with Crippen molar-refractivity contribution in [3.8, 4) is 0 Å². The molecule has 2 heterocycles. The second-order valence-corrected chi connectivity index (χ2v) is 6.98.